The first kappa shape index (κ1) is 72.6. The summed E-state index contributed by atoms with van der Waals surface area (Å²) in [6.45, 7) is 21.6. The van der Waals surface area contributed by atoms with Gasteiger partial charge in [-0.2, -0.15) is 0 Å². The summed E-state index contributed by atoms with van der Waals surface area (Å²) in [6, 6.07) is -1.14. The molecule has 1 amide bonds. The number of cyclic esters (lactones) is 1. The molecule has 5 aliphatic carbocycles. The number of nitrogens with zero attached hydrogens (tertiary/aromatic N) is 1. The van der Waals surface area contributed by atoms with Crippen LogP contribution in [-0.2, 0) is 62.0 Å². The highest BCUT2D eigenvalue weighted by atomic mass is 16.6. The first-order valence-corrected chi connectivity index (χ1v) is 33.5. The predicted molar refractivity (Wildman–Crippen MR) is 342 cm³/mol. The van der Waals surface area contributed by atoms with Crippen molar-refractivity contribution in [2.45, 2.75) is 226 Å². The van der Waals surface area contributed by atoms with E-state index in [1.165, 1.54) is 12.0 Å². The average molecular weight is 1250 g/mol. The van der Waals surface area contributed by atoms with Crippen molar-refractivity contribution in [3.63, 3.8) is 0 Å². The predicted octanol–water partition coefficient (Wildman–Crippen LogP) is 10.2. The highest BCUT2D eigenvalue weighted by Gasteiger charge is 2.59. The van der Waals surface area contributed by atoms with E-state index in [0.717, 1.165) is 55.2 Å². The number of carbonyl (C=O) groups excluding carboxylic acids is 7. The number of methoxy groups -OCH3 is 3. The van der Waals surface area contributed by atoms with Crippen molar-refractivity contribution < 1.29 is 77.3 Å². The minimum atomic E-state index is -2.43. The minimum Gasteiger partial charge on any atom is -0.460 e. The molecular weight excluding hydrogens is 1150 g/mol. The second kappa shape index (κ2) is 31.9. The molecule has 17 nitrogen and oxygen atoms in total. The minimum absolute atomic E-state index is 0.0158. The van der Waals surface area contributed by atoms with Crippen molar-refractivity contribution in [1.82, 2.24) is 4.90 Å². The van der Waals surface area contributed by atoms with Gasteiger partial charge < -0.3 is 48.6 Å². The Morgan fingerprint density at radius 1 is 0.822 bits per heavy atom. The zero-order valence-electron chi connectivity index (χ0n) is 56.0. The number of fused-ring (bicyclic) bond motifs is 8. The Balaban J connectivity index is 0.000000431. The monoisotopic (exact) mass is 1250 g/mol. The van der Waals surface area contributed by atoms with Gasteiger partial charge in [0, 0.05) is 75.7 Å². The zero-order valence-corrected chi connectivity index (χ0v) is 56.0. The highest BCUT2D eigenvalue weighted by molar-refractivity contribution is 6.39. The third-order valence-electron chi connectivity index (χ3n) is 22.1. The lowest BCUT2D eigenvalue weighted by molar-refractivity contribution is -0.265. The number of amides is 1. The van der Waals surface area contributed by atoms with Crippen LogP contribution in [0.2, 0.25) is 0 Å². The molecule has 500 valence electrons. The molecule has 3 heterocycles. The Morgan fingerprint density at radius 2 is 1.57 bits per heavy atom. The number of allylic oxidation sites excluding steroid dienone is 11. The van der Waals surface area contributed by atoms with Crippen LogP contribution in [0, 0.1) is 64.1 Å². The van der Waals surface area contributed by atoms with Crippen molar-refractivity contribution in [2.24, 2.45) is 64.1 Å². The van der Waals surface area contributed by atoms with Crippen LogP contribution in [-0.4, -0.2) is 157 Å². The summed E-state index contributed by atoms with van der Waals surface area (Å²) >= 11 is 0. The SMILES string of the molecule is C=C1C[C@@H]2[C@H](CC[C@]3(C)C(=O)CC[C@@H]23)[C@@]2(C)C=CC(=O)C=C12.CO[C@H]1C[C@@H]2CC[C@@H](C)[C@@](O)(O2)C(=O)C(=O)N2CCCC[C@H]2C(=O)O[C@H]([C@H](C)C[C@@H]2CC[C@@H](OCCO)[C@H](OC)C2)CC(=O)[C@H](C)/C=C(\C)[C@@H](O)[C@@H](OC)C(=O)[C@H](C)C[C@H](C)/C=C/C=C/C=C/1C. The molecule has 0 aromatic heterocycles. The van der Waals surface area contributed by atoms with Gasteiger partial charge in [0.1, 0.15) is 35.9 Å². The Hall–Kier alpha value is -4.85. The molecule has 20 atom stereocenters. The second-order valence-corrected chi connectivity index (χ2v) is 28.3. The van der Waals surface area contributed by atoms with Crippen molar-refractivity contribution in [3.05, 3.63) is 83.6 Å². The molecule has 0 aromatic carbocycles. The van der Waals surface area contributed by atoms with Crippen molar-refractivity contribution in [3.8, 4) is 0 Å². The fraction of sp³-hybridized carbons (Fsp3) is 0.712. The number of ether oxygens (including phenoxy) is 6. The molecule has 6 fully saturated rings. The maximum absolute atomic E-state index is 14.5. The Kier molecular flexibility index (Phi) is 25.7. The summed E-state index contributed by atoms with van der Waals surface area (Å²) in [6.07, 6.45) is 22.5. The van der Waals surface area contributed by atoms with Gasteiger partial charge in [0.05, 0.1) is 37.6 Å². The number of esters is 1. The van der Waals surface area contributed by atoms with E-state index in [1.54, 1.807) is 53.2 Å². The lowest BCUT2D eigenvalue weighted by Crippen LogP contribution is -2.61. The van der Waals surface area contributed by atoms with E-state index in [0.29, 0.717) is 86.9 Å². The van der Waals surface area contributed by atoms with Gasteiger partial charge in [0.25, 0.3) is 11.7 Å². The van der Waals surface area contributed by atoms with E-state index in [4.69, 9.17) is 28.4 Å². The van der Waals surface area contributed by atoms with Gasteiger partial charge in [-0.25, -0.2) is 4.79 Å². The zero-order chi connectivity index (χ0) is 66.0. The highest BCUT2D eigenvalue weighted by Crippen LogP contribution is 2.64. The Labute approximate surface area is 535 Å². The molecule has 8 rings (SSSR count). The number of aliphatic hydroxyl groups excluding tert-OH is 2. The van der Waals surface area contributed by atoms with Gasteiger partial charge in [0.2, 0.25) is 5.79 Å². The summed E-state index contributed by atoms with van der Waals surface area (Å²) in [5.74, 6) is -5.82. The van der Waals surface area contributed by atoms with Crippen LogP contribution in [0.4, 0.5) is 0 Å². The average Bonchev–Trinajstić information content (AvgIpc) is 1.30. The molecule has 17 heteroatoms. The molecule has 3 N–H and O–H groups in total. The molecule has 2 saturated heterocycles. The van der Waals surface area contributed by atoms with Gasteiger partial charge in [-0.3, -0.25) is 28.8 Å². The summed E-state index contributed by atoms with van der Waals surface area (Å²) in [5.41, 5.74) is 3.36. The number of piperidine rings is 1. The molecule has 3 aliphatic heterocycles. The normalized spacial score (nSPS) is 41.1. The van der Waals surface area contributed by atoms with Crippen LogP contribution in [0.25, 0.3) is 0 Å². The quantitative estimate of drug-likeness (QED) is 0.111. The first-order chi connectivity index (χ1) is 42.6. The fourth-order valence-electron chi connectivity index (χ4n) is 16.5. The van der Waals surface area contributed by atoms with E-state index >= 15 is 0 Å². The number of aliphatic hydroxyl groups is 3. The molecule has 90 heavy (non-hydrogen) atoms. The molecule has 2 bridgehead atoms. The third-order valence-corrected chi connectivity index (χ3v) is 22.1. The Bertz CT molecular complexity index is 2790. The molecule has 0 radical (unpaired) electrons. The number of rotatable bonds is 9. The van der Waals surface area contributed by atoms with Crippen LogP contribution in [0.5, 0.6) is 0 Å². The van der Waals surface area contributed by atoms with Gasteiger partial charge in [-0.15, -0.1) is 0 Å². The van der Waals surface area contributed by atoms with Crippen molar-refractivity contribution in [1.29, 1.82) is 0 Å². The standard InChI is InChI=1S/C53H83NO14.C20H24O2/c1-32-16-12-11-13-17-33(2)44(63-8)30-40-21-19-38(7)53(62,68-40)50(59)51(60)54-23-15-14-18-41(54)52(61)67-45(35(4)28-39-20-22-43(66-25-24-55)46(29-39)64-9)31-42(56)34(3)27-37(6)48(58)49(65-10)47(57)36(5)26-32;1-12-10-14-15-4-5-18(22)20(15,3)9-7-16(14)19(2)8-6-13(21)11-17(12)19/h11-13,16-17,27,32,34-36,38-41,43-46,48-49,55,58,62H,14-15,18-26,28-31H2,1-10H3;6,8,11,14-16H,1,4-5,7,9-10H2,2-3H3/b13-11+,16-12+,33-17+,37-27+;/t32-,34-,35-,36-,38-,39+,40+,41+,43-,44+,45+,46-,48-,49+,53-;14-,15-,16-,19+,20-/m10/s1. The number of hydrogen-bond acceptors (Lipinski definition) is 16. The lowest BCUT2D eigenvalue weighted by atomic mass is 9.48. The molecule has 0 spiro atoms. The summed E-state index contributed by atoms with van der Waals surface area (Å²) in [7, 11) is 4.58. The van der Waals surface area contributed by atoms with Crippen LogP contribution in [0.15, 0.2) is 83.6 Å². The van der Waals surface area contributed by atoms with Gasteiger partial charge >= 0.3 is 5.97 Å². The van der Waals surface area contributed by atoms with E-state index < -0.39 is 77.8 Å². The van der Waals surface area contributed by atoms with E-state index in [9.17, 15) is 48.9 Å². The number of Topliss-reactive ketones (excluding diaryl/α,β-unsaturated/α-hetero) is 4. The van der Waals surface area contributed by atoms with Crippen molar-refractivity contribution in [2.75, 3.05) is 41.1 Å². The topological polar surface area (TPSA) is 239 Å². The van der Waals surface area contributed by atoms with Gasteiger partial charge in [-0.05, 0) is 168 Å². The Morgan fingerprint density at radius 3 is 2.27 bits per heavy atom. The largest absolute Gasteiger partial charge is 0.460 e. The number of ketones is 5. The summed E-state index contributed by atoms with van der Waals surface area (Å²) in [4.78, 5) is 96.3. The van der Waals surface area contributed by atoms with Crippen molar-refractivity contribution >= 4 is 40.8 Å². The van der Waals surface area contributed by atoms with Gasteiger partial charge in [0.15, 0.2) is 11.6 Å². The number of hydrogen-bond donors (Lipinski definition) is 3. The molecule has 4 saturated carbocycles. The van der Waals surface area contributed by atoms with Crippen LogP contribution in [0.1, 0.15) is 171 Å². The van der Waals surface area contributed by atoms with Gasteiger partial charge in [-0.1, -0.05) is 103 Å². The maximum Gasteiger partial charge on any atom is 0.329 e. The van der Waals surface area contributed by atoms with Crippen LogP contribution in [0.3, 0.4) is 0 Å². The molecule has 0 unspecified atom stereocenters. The molecule has 8 aliphatic rings. The van der Waals surface area contributed by atoms with E-state index in [1.807, 2.05) is 58.1 Å². The van der Waals surface area contributed by atoms with E-state index in [-0.39, 0.29) is 90.7 Å². The second-order valence-electron chi connectivity index (χ2n) is 28.3. The smallest absolute Gasteiger partial charge is 0.329 e. The lowest BCUT2D eigenvalue weighted by Gasteiger charge is -2.56. The fourth-order valence-corrected chi connectivity index (χ4v) is 16.5. The summed E-state index contributed by atoms with van der Waals surface area (Å²) in [5, 5.41) is 32.8. The third kappa shape index (κ3) is 16.5. The maximum atomic E-state index is 14.5. The molecular formula is C73H107NO16. The first-order valence-electron chi connectivity index (χ1n) is 33.5. The van der Waals surface area contributed by atoms with Crippen LogP contribution < -0.4 is 0 Å². The van der Waals surface area contributed by atoms with E-state index in [2.05, 4.69) is 26.5 Å². The molecule has 0 aromatic rings. The number of carbonyl (C=O) groups is 7. The van der Waals surface area contributed by atoms with Crippen LogP contribution >= 0.6 is 0 Å². The summed E-state index contributed by atoms with van der Waals surface area (Å²) < 4.78 is 35.6.